The topological polar surface area (TPSA) is 152 Å². The maximum absolute atomic E-state index is 12.8. The monoisotopic (exact) mass is 539 g/mol. The first kappa shape index (κ1) is 26.8. The van der Waals surface area contributed by atoms with E-state index in [9.17, 15) is 21.6 Å². The smallest absolute Gasteiger partial charge is 0.357 e. The lowest BCUT2D eigenvalue weighted by Crippen LogP contribution is -2.30. The maximum atomic E-state index is 12.8. The zero-order valence-electron chi connectivity index (χ0n) is 19.0. The maximum Gasteiger partial charge on any atom is 0.357 e. The van der Waals surface area contributed by atoms with Crippen LogP contribution in [0.15, 0.2) is 53.9 Å². The number of hydrogen-bond acceptors (Lipinski definition) is 8. The first-order valence-corrected chi connectivity index (χ1v) is 14.4. The number of ether oxygens (including phenoxy) is 1. The van der Waals surface area contributed by atoms with Crippen LogP contribution in [-0.4, -0.2) is 46.0 Å². The van der Waals surface area contributed by atoms with Crippen molar-refractivity contribution in [2.45, 2.75) is 25.0 Å². The van der Waals surface area contributed by atoms with Crippen molar-refractivity contribution in [3.05, 3.63) is 81.3 Å². The third-order valence-corrected chi connectivity index (χ3v) is 7.85. The molecular formula is C22H25N3O7S3. The van der Waals surface area contributed by atoms with Crippen molar-refractivity contribution in [2.24, 2.45) is 0 Å². The number of aromatic nitrogens is 1. The van der Waals surface area contributed by atoms with E-state index in [4.69, 9.17) is 4.55 Å². The van der Waals surface area contributed by atoms with Gasteiger partial charge in [0, 0.05) is 17.8 Å². The normalized spacial score (nSPS) is 12.8. The lowest BCUT2D eigenvalue weighted by atomic mass is 9.96. The molecule has 3 N–H and O–H groups in total. The molecule has 3 aromatic rings. The summed E-state index contributed by atoms with van der Waals surface area (Å²) in [7, 11) is -6.87. The molecule has 0 bridgehead atoms. The quantitative estimate of drug-likeness (QED) is 0.248. The van der Waals surface area contributed by atoms with E-state index >= 15 is 0 Å². The van der Waals surface area contributed by atoms with Crippen LogP contribution in [0.4, 0.5) is 5.69 Å². The van der Waals surface area contributed by atoms with Crippen molar-refractivity contribution in [2.75, 3.05) is 18.4 Å². The van der Waals surface area contributed by atoms with Gasteiger partial charge in [0.15, 0.2) is 0 Å². The van der Waals surface area contributed by atoms with Gasteiger partial charge in [-0.15, -0.1) is 11.3 Å². The van der Waals surface area contributed by atoms with Gasteiger partial charge in [-0.3, -0.25) is 9.27 Å². The summed E-state index contributed by atoms with van der Waals surface area (Å²) in [6.45, 7) is 2.00. The van der Waals surface area contributed by atoms with E-state index in [1.807, 2.05) is 17.0 Å². The van der Waals surface area contributed by atoms with Crippen LogP contribution < -0.4 is 9.44 Å². The molecule has 0 amide bonds. The Morgan fingerprint density at radius 1 is 1.09 bits per heavy atom. The Hall–Kier alpha value is -2.84. The van der Waals surface area contributed by atoms with Crippen molar-refractivity contribution >= 4 is 43.3 Å². The van der Waals surface area contributed by atoms with Gasteiger partial charge >= 0.3 is 16.3 Å². The first-order valence-electron chi connectivity index (χ1n) is 10.4. The van der Waals surface area contributed by atoms with Gasteiger partial charge in [-0.2, -0.15) is 8.42 Å². The Balaban J connectivity index is 1.78. The molecule has 0 radical (unpaired) electrons. The van der Waals surface area contributed by atoms with Crippen LogP contribution in [0.2, 0.25) is 0 Å². The van der Waals surface area contributed by atoms with Gasteiger partial charge in [-0.05, 0) is 41.8 Å². The van der Waals surface area contributed by atoms with Crippen LogP contribution in [0.1, 0.15) is 45.0 Å². The number of thiazole rings is 1. The summed E-state index contributed by atoms with van der Waals surface area (Å²) in [6.07, 6.45) is 0.738. The van der Waals surface area contributed by atoms with Crippen LogP contribution in [0.5, 0.6) is 0 Å². The summed E-state index contributed by atoms with van der Waals surface area (Å²) in [4.78, 5) is 16.2. The molecule has 0 saturated carbocycles. The molecule has 35 heavy (non-hydrogen) atoms. The summed E-state index contributed by atoms with van der Waals surface area (Å²) in [5.74, 6) is -1.22. The molecule has 0 aliphatic heterocycles. The second-order valence-electron chi connectivity index (χ2n) is 7.57. The standard InChI is InChI=1S/C22H25N3O7S3/c1-3-21-24-20(13-33-21)19(16-8-10-18(11-9-16)25-35(29,30)31)12-23-34(27,28)14-15-4-6-17(7-5-15)22(26)32-2/h4-11,13,19,23,25H,3,12,14H2,1-2H3,(H,29,30,31)/t19-/m1/s1. The van der Waals surface area contributed by atoms with Gasteiger partial charge in [0.2, 0.25) is 10.0 Å². The van der Waals surface area contributed by atoms with Crippen molar-refractivity contribution < 1.29 is 30.9 Å². The highest BCUT2D eigenvalue weighted by molar-refractivity contribution is 7.88. The van der Waals surface area contributed by atoms with Crippen LogP contribution >= 0.6 is 11.3 Å². The minimum atomic E-state index is -4.41. The van der Waals surface area contributed by atoms with E-state index < -0.39 is 32.2 Å². The summed E-state index contributed by atoms with van der Waals surface area (Å²) >= 11 is 1.47. The highest BCUT2D eigenvalue weighted by Crippen LogP contribution is 2.27. The van der Waals surface area contributed by atoms with Crippen LogP contribution in [0.3, 0.4) is 0 Å². The Labute approximate surface area is 208 Å². The van der Waals surface area contributed by atoms with Crippen LogP contribution in [-0.2, 0) is 37.2 Å². The number of anilines is 1. The average molecular weight is 540 g/mol. The van der Waals surface area contributed by atoms with Gasteiger partial charge in [0.05, 0.1) is 34.8 Å². The number of benzene rings is 2. The second kappa shape index (κ2) is 11.3. The molecule has 0 spiro atoms. The lowest BCUT2D eigenvalue weighted by Gasteiger charge is -2.17. The van der Waals surface area contributed by atoms with E-state index in [2.05, 4.69) is 14.4 Å². The molecule has 0 aliphatic carbocycles. The van der Waals surface area contributed by atoms with Crippen LogP contribution in [0, 0.1) is 0 Å². The number of hydrogen-bond donors (Lipinski definition) is 3. The van der Waals surface area contributed by atoms with Gasteiger partial charge in [0.25, 0.3) is 0 Å². The van der Waals surface area contributed by atoms with E-state index in [0.29, 0.717) is 22.4 Å². The zero-order chi connectivity index (χ0) is 25.6. The molecule has 13 heteroatoms. The number of rotatable bonds is 11. The molecule has 2 aromatic carbocycles. The molecule has 0 aliphatic rings. The molecule has 0 saturated heterocycles. The van der Waals surface area contributed by atoms with Crippen molar-refractivity contribution in [1.82, 2.24) is 9.71 Å². The zero-order valence-corrected chi connectivity index (χ0v) is 21.4. The number of methoxy groups -OCH3 is 1. The summed E-state index contributed by atoms with van der Waals surface area (Å²) < 4.78 is 65.9. The van der Waals surface area contributed by atoms with E-state index in [1.165, 1.54) is 42.7 Å². The fourth-order valence-electron chi connectivity index (χ4n) is 3.31. The van der Waals surface area contributed by atoms with Gasteiger partial charge in [-0.25, -0.2) is 22.9 Å². The Morgan fingerprint density at radius 2 is 1.74 bits per heavy atom. The number of sulfonamides is 1. The molecule has 1 heterocycles. The Kier molecular flexibility index (Phi) is 8.61. The van der Waals surface area contributed by atoms with Crippen molar-refractivity contribution in [3.63, 3.8) is 0 Å². The van der Waals surface area contributed by atoms with E-state index in [0.717, 1.165) is 11.4 Å². The molecule has 3 rings (SSSR count). The highest BCUT2D eigenvalue weighted by atomic mass is 32.2. The average Bonchev–Trinajstić information content (AvgIpc) is 3.28. The Morgan fingerprint density at radius 3 is 2.29 bits per heavy atom. The van der Waals surface area contributed by atoms with Crippen LogP contribution in [0.25, 0.3) is 0 Å². The molecule has 188 valence electrons. The molecule has 0 fully saturated rings. The summed E-state index contributed by atoms with van der Waals surface area (Å²) in [5.41, 5.74) is 2.39. The second-order valence-corrected chi connectivity index (χ2v) is 11.5. The number of aryl methyl sites for hydroxylation is 1. The Bertz CT molecular complexity index is 1370. The van der Waals surface area contributed by atoms with Crippen molar-refractivity contribution in [3.8, 4) is 0 Å². The number of nitrogens with zero attached hydrogens (tertiary/aromatic N) is 1. The number of carbonyl (C=O) groups is 1. The number of carbonyl (C=O) groups excluding carboxylic acids is 1. The van der Waals surface area contributed by atoms with Crippen molar-refractivity contribution in [1.29, 1.82) is 0 Å². The van der Waals surface area contributed by atoms with Gasteiger partial charge in [0.1, 0.15) is 0 Å². The molecule has 1 atom stereocenters. The largest absolute Gasteiger partial charge is 0.465 e. The molecule has 0 unspecified atom stereocenters. The van der Waals surface area contributed by atoms with Gasteiger partial charge < -0.3 is 4.74 Å². The summed E-state index contributed by atoms with van der Waals surface area (Å²) in [5, 5.41) is 2.77. The molecular weight excluding hydrogens is 514 g/mol. The first-order chi connectivity index (χ1) is 16.5. The predicted molar refractivity (Wildman–Crippen MR) is 133 cm³/mol. The number of esters is 1. The summed E-state index contributed by atoms with van der Waals surface area (Å²) in [6, 6.07) is 12.3. The molecule has 1 aromatic heterocycles. The highest BCUT2D eigenvalue weighted by Gasteiger charge is 2.21. The third-order valence-electron chi connectivity index (χ3n) is 5.03. The molecule has 10 nitrogen and oxygen atoms in total. The van der Waals surface area contributed by atoms with E-state index in [1.54, 1.807) is 24.3 Å². The minimum Gasteiger partial charge on any atom is -0.465 e. The lowest BCUT2D eigenvalue weighted by molar-refractivity contribution is 0.0600. The minimum absolute atomic E-state index is 0.0283. The third kappa shape index (κ3) is 7.83. The predicted octanol–water partition coefficient (Wildman–Crippen LogP) is 2.96. The fourth-order valence-corrected chi connectivity index (χ4v) is 5.70. The van der Waals surface area contributed by atoms with E-state index in [-0.39, 0.29) is 18.0 Å². The SMILES string of the molecule is CCc1nc([C@H](CNS(=O)(=O)Cc2ccc(C(=O)OC)cc2)c2ccc(NS(=O)(=O)O)cc2)cs1. The fraction of sp³-hybridized carbons (Fsp3) is 0.273. The van der Waals surface area contributed by atoms with Gasteiger partial charge in [-0.1, -0.05) is 31.2 Å². The number of nitrogens with one attached hydrogen (secondary N) is 2.